The molecule has 0 amide bonds. The first kappa shape index (κ1) is 12.8. The predicted molar refractivity (Wildman–Crippen MR) is 72.4 cm³/mol. The van der Waals surface area contributed by atoms with Crippen LogP contribution in [-0.2, 0) is 0 Å². The summed E-state index contributed by atoms with van der Waals surface area (Å²) in [6.07, 6.45) is 3.32. The lowest BCUT2D eigenvalue weighted by molar-refractivity contribution is 0.0697. The molecule has 0 aliphatic heterocycles. The average molecular weight is 272 g/mol. The van der Waals surface area contributed by atoms with E-state index < -0.39 is 5.97 Å². The second kappa shape index (κ2) is 5.07. The molecule has 104 valence electrons. The molecule has 1 fully saturated rings. The molecule has 5 heteroatoms. The summed E-state index contributed by atoms with van der Waals surface area (Å²) < 4.78 is 5.26. The number of rotatable bonds is 3. The summed E-state index contributed by atoms with van der Waals surface area (Å²) in [7, 11) is 0. The smallest absolute Gasteiger partial charge is 0.336 e. The fourth-order valence-corrected chi connectivity index (χ4v) is 2.81. The number of carboxylic acids is 1. The lowest BCUT2D eigenvalue weighted by atomic mass is 10.1. The maximum Gasteiger partial charge on any atom is 0.336 e. The molecule has 0 saturated heterocycles. The van der Waals surface area contributed by atoms with E-state index in [1.165, 1.54) is 6.42 Å². The molecule has 0 radical (unpaired) electrons. The van der Waals surface area contributed by atoms with Crippen LogP contribution in [-0.4, -0.2) is 21.2 Å². The van der Waals surface area contributed by atoms with Gasteiger partial charge in [-0.15, -0.1) is 0 Å². The van der Waals surface area contributed by atoms with Crippen LogP contribution in [0.3, 0.4) is 0 Å². The van der Waals surface area contributed by atoms with Crippen LogP contribution < -0.4 is 0 Å². The molecule has 20 heavy (non-hydrogen) atoms. The molecule has 1 heterocycles. The number of carboxylic acid groups (broad SMARTS) is 1. The van der Waals surface area contributed by atoms with E-state index >= 15 is 0 Å². The highest BCUT2D eigenvalue weighted by molar-refractivity contribution is 5.94. The highest BCUT2D eigenvalue weighted by atomic mass is 16.5. The van der Waals surface area contributed by atoms with E-state index in [-0.39, 0.29) is 11.5 Å². The fraction of sp³-hybridized carbons (Fsp3) is 0.400. The van der Waals surface area contributed by atoms with E-state index in [2.05, 4.69) is 17.1 Å². The predicted octanol–water partition coefficient (Wildman–Crippen LogP) is 3.34. The third-order valence-corrected chi connectivity index (χ3v) is 3.89. The second-order valence-electron chi connectivity index (χ2n) is 5.42. The normalized spacial score (nSPS) is 22.1. The van der Waals surface area contributed by atoms with E-state index in [1.54, 1.807) is 24.3 Å². The highest BCUT2D eigenvalue weighted by Crippen LogP contribution is 2.37. The van der Waals surface area contributed by atoms with Gasteiger partial charge in [-0.05, 0) is 37.3 Å². The van der Waals surface area contributed by atoms with Gasteiger partial charge in [0.1, 0.15) is 0 Å². The number of aromatic carboxylic acids is 1. The van der Waals surface area contributed by atoms with Crippen molar-refractivity contribution in [2.75, 3.05) is 0 Å². The molecule has 5 nitrogen and oxygen atoms in total. The number of carbonyl (C=O) groups is 1. The van der Waals surface area contributed by atoms with Gasteiger partial charge in [0.15, 0.2) is 5.82 Å². The van der Waals surface area contributed by atoms with Gasteiger partial charge in [0.05, 0.1) is 11.1 Å². The van der Waals surface area contributed by atoms with Crippen LogP contribution in [0.15, 0.2) is 28.8 Å². The standard InChI is InChI=1S/C15H16N2O3/c1-9-6-7-10(8-9)13-16-14(20-17-13)11-4-2-3-5-12(11)15(18)19/h2-5,9-10H,6-8H2,1H3,(H,18,19). The number of benzene rings is 1. The van der Waals surface area contributed by atoms with Gasteiger partial charge in [-0.2, -0.15) is 4.98 Å². The fourth-order valence-electron chi connectivity index (χ4n) is 2.81. The Morgan fingerprint density at radius 2 is 2.15 bits per heavy atom. The summed E-state index contributed by atoms with van der Waals surface area (Å²) in [5, 5.41) is 13.2. The van der Waals surface area contributed by atoms with Crippen molar-refractivity contribution in [1.29, 1.82) is 0 Å². The van der Waals surface area contributed by atoms with Crippen LogP contribution in [0.25, 0.3) is 11.5 Å². The van der Waals surface area contributed by atoms with Crippen molar-refractivity contribution in [3.8, 4) is 11.5 Å². The van der Waals surface area contributed by atoms with Crippen molar-refractivity contribution in [3.63, 3.8) is 0 Å². The first-order valence-electron chi connectivity index (χ1n) is 6.81. The molecule has 1 saturated carbocycles. The Morgan fingerprint density at radius 1 is 1.35 bits per heavy atom. The Morgan fingerprint density at radius 3 is 2.85 bits per heavy atom. The van der Waals surface area contributed by atoms with Crippen LogP contribution in [0.2, 0.25) is 0 Å². The minimum absolute atomic E-state index is 0.183. The Labute approximate surface area is 116 Å². The molecule has 1 N–H and O–H groups in total. The van der Waals surface area contributed by atoms with Crippen LogP contribution in [0.4, 0.5) is 0 Å². The van der Waals surface area contributed by atoms with Crippen molar-refractivity contribution in [2.45, 2.75) is 32.1 Å². The number of aromatic nitrogens is 2. The second-order valence-corrected chi connectivity index (χ2v) is 5.42. The molecular formula is C15H16N2O3. The quantitative estimate of drug-likeness (QED) is 0.927. The van der Waals surface area contributed by atoms with Gasteiger partial charge in [-0.3, -0.25) is 0 Å². The Balaban J connectivity index is 1.92. The Kier molecular flexibility index (Phi) is 3.26. The van der Waals surface area contributed by atoms with Crippen LogP contribution in [0, 0.1) is 5.92 Å². The lowest BCUT2D eigenvalue weighted by Gasteiger charge is -2.02. The van der Waals surface area contributed by atoms with E-state index in [0.717, 1.165) is 12.8 Å². The monoisotopic (exact) mass is 272 g/mol. The molecule has 1 aliphatic carbocycles. The largest absolute Gasteiger partial charge is 0.478 e. The highest BCUT2D eigenvalue weighted by Gasteiger charge is 2.27. The molecule has 3 rings (SSSR count). The van der Waals surface area contributed by atoms with E-state index in [0.29, 0.717) is 23.2 Å². The van der Waals surface area contributed by atoms with E-state index in [9.17, 15) is 9.90 Å². The molecule has 1 aliphatic rings. The summed E-state index contributed by atoms with van der Waals surface area (Å²) >= 11 is 0. The summed E-state index contributed by atoms with van der Waals surface area (Å²) in [6.45, 7) is 2.22. The zero-order valence-electron chi connectivity index (χ0n) is 11.2. The van der Waals surface area contributed by atoms with Gasteiger partial charge in [0, 0.05) is 5.92 Å². The number of nitrogens with zero attached hydrogens (tertiary/aromatic N) is 2. The van der Waals surface area contributed by atoms with Crippen molar-refractivity contribution in [1.82, 2.24) is 10.1 Å². The van der Waals surface area contributed by atoms with Crippen LogP contribution >= 0.6 is 0 Å². The number of hydrogen-bond donors (Lipinski definition) is 1. The molecule has 2 unspecified atom stereocenters. The van der Waals surface area contributed by atoms with E-state index in [1.807, 2.05) is 0 Å². The first-order chi connectivity index (χ1) is 9.65. The summed E-state index contributed by atoms with van der Waals surface area (Å²) in [6, 6.07) is 6.68. The van der Waals surface area contributed by atoms with Crippen LogP contribution in [0.1, 0.15) is 48.3 Å². The third kappa shape index (κ3) is 2.31. The van der Waals surface area contributed by atoms with Gasteiger partial charge in [0.25, 0.3) is 5.89 Å². The van der Waals surface area contributed by atoms with Gasteiger partial charge in [0.2, 0.25) is 0 Å². The molecule has 2 aromatic rings. The maximum absolute atomic E-state index is 11.2. The van der Waals surface area contributed by atoms with Crippen molar-refractivity contribution in [2.24, 2.45) is 5.92 Å². The summed E-state index contributed by atoms with van der Waals surface area (Å²) in [4.78, 5) is 15.6. The summed E-state index contributed by atoms with van der Waals surface area (Å²) in [5.74, 6) is 1.02. The molecule has 0 spiro atoms. The van der Waals surface area contributed by atoms with Gasteiger partial charge in [-0.1, -0.05) is 24.2 Å². The van der Waals surface area contributed by atoms with Gasteiger partial charge in [-0.25, -0.2) is 4.79 Å². The van der Waals surface area contributed by atoms with Crippen molar-refractivity contribution < 1.29 is 14.4 Å². The van der Waals surface area contributed by atoms with Gasteiger partial charge < -0.3 is 9.63 Å². The number of hydrogen-bond acceptors (Lipinski definition) is 4. The topological polar surface area (TPSA) is 76.2 Å². The van der Waals surface area contributed by atoms with E-state index in [4.69, 9.17) is 4.52 Å². The molecule has 2 atom stereocenters. The van der Waals surface area contributed by atoms with Crippen LogP contribution in [0.5, 0.6) is 0 Å². The minimum Gasteiger partial charge on any atom is -0.478 e. The molecule has 1 aromatic carbocycles. The molecule has 0 bridgehead atoms. The first-order valence-corrected chi connectivity index (χ1v) is 6.81. The SMILES string of the molecule is CC1CCC(c2noc(-c3ccccc3C(=O)O)n2)C1. The Bertz CT molecular complexity index is 636. The van der Waals surface area contributed by atoms with Crippen molar-refractivity contribution in [3.05, 3.63) is 35.7 Å². The third-order valence-electron chi connectivity index (χ3n) is 3.89. The zero-order chi connectivity index (χ0) is 14.1. The molecule has 1 aromatic heterocycles. The van der Waals surface area contributed by atoms with Crippen molar-refractivity contribution >= 4 is 5.97 Å². The zero-order valence-corrected chi connectivity index (χ0v) is 11.2. The Hall–Kier alpha value is -2.17. The summed E-state index contributed by atoms with van der Waals surface area (Å²) in [5.41, 5.74) is 0.660. The minimum atomic E-state index is -0.991. The average Bonchev–Trinajstić information content (AvgIpc) is 3.07. The van der Waals surface area contributed by atoms with Gasteiger partial charge >= 0.3 is 5.97 Å². The molecular weight excluding hydrogens is 256 g/mol. The maximum atomic E-state index is 11.2. The lowest BCUT2D eigenvalue weighted by Crippen LogP contribution is -2.00.